The van der Waals surface area contributed by atoms with Crippen molar-refractivity contribution in [1.82, 2.24) is 0 Å². The second kappa shape index (κ2) is 3.29. The minimum atomic E-state index is -0.662. The highest BCUT2D eigenvalue weighted by atomic mass is 32.1. The molecule has 0 aromatic carbocycles. The topological polar surface area (TPSA) is 46.2 Å². The molecule has 0 rings (SSSR count). The van der Waals surface area contributed by atoms with Gasteiger partial charge in [0.25, 0.3) is 0 Å². The molecular formula is C4H11NOS. The number of aliphatic hydroxyl groups excluding tert-OH is 1. The highest BCUT2D eigenvalue weighted by Gasteiger charge is 2.04. The first kappa shape index (κ1) is 7.27. The molecule has 0 fully saturated rings. The predicted octanol–water partition coefficient (Wildman–Crippen LogP) is -0.0281. The Balaban J connectivity index is 3.14. The first-order chi connectivity index (χ1) is 3.18. The Morgan fingerprint density at radius 1 is 1.86 bits per heavy atom. The molecule has 0 radical (unpaired) electrons. The Labute approximate surface area is 49.1 Å². The summed E-state index contributed by atoms with van der Waals surface area (Å²) >= 11 is 3.70. The van der Waals surface area contributed by atoms with Crippen LogP contribution in [0.1, 0.15) is 13.3 Å². The van der Waals surface area contributed by atoms with E-state index in [9.17, 15) is 0 Å². The lowest BCUT2D eigenvalue weighted by atomic mass is 10.3. The molecule has 2 unspecified atom stereocenters. The summed E-state index contributed by atoms with van der Waals surface area (Å²) in [6.07, 6.45) is 0.769. The Kier molecular flexibility index (Phi) is 3.42. The quantitative estimate of drug-likeness (QED) is 0.355. The lowest BCUT2D eigenvalue weighted by molar-refractivity contribution is 0.230. The minimum Gasteiger partial charge on any atom is -0.381 e. The van der Waals surface area contributed by atoms with Gasteiger partial charge in [-0.1, -0.05) is 6.92 Å². The average Bonchev–Trinajstić information content (AvgIpc) is 1.65. The fourth-order valence-electron chi connectivity index (χ4n) is 0.211. The van der Waals surface area contributed by atoms with Crippen molar-refractivity contribution in [2.75, 3.05) is 0 Å². The van der Waals surface area contributed by atoms with Crippen LogP contribution in [0.15, 0.2) is 0 Å². The third kappa shape index (κ3) is 2.91. The summed E-state index contributed by atoms with van der Waals surface area (Å²) in [6, 6.07) is -0.177. The molecule has 7 heavy (non-hydrogen) atoms. The van der Waals surface area contributed by atoms with Crippen LogP contribution in [0.5, 0.6) is 0 Å². The largest absolute Gasteiger partial charge is 0.381 e. The van der Waals surface area contributed by atoms with Gasteiger partial charge in [0.15, 0.2) is 0 Å². The average molecular weight is 121 g/mol. The Morgan fingerprint density at radius 3 is 2.29 bits per heavy atom. The second-order valence-corrected chi connectivity index (χ2v) is 2.01. The Hall–Kier alpha value is 0.270. The summed E-state index contributed by atoms with van der Waals surface area (Å²) in [6.45, 7) is 1.91. The van der Waals surface area contributed by atoms with Crippen molar-refractivity contribution < 1.29 is 5.11 Å². The van der Waals surface area contributed by atoms with Crippen LogP contribution in [-0.2, 0) is 0 Å². The first-order valence-corrected chi connectivity index (χ1v) is 2.81. The maximum absolute atomic E-state index is 8.56. The molecule has 2 atom stereocenters. The SMILES string of the molecule is CCC(N)C(O)S. The van der Waals surface area contributed by atoms with Crippen molar-refractivity contribution >= 4 is 12.6 Å². The van der Waals surface area contributed by atoms with E-state index in [0.29, 0.717) is 0 Å². The standard InChI is InChI=1S/C4H11NOS/c1-2-3(5)4(6)7/h3-4,6-7H,2,5H2,1H3. The van der Waals surface area contributed by atoms with Crippen molar-refractivity contribution in [3.05, 3.63) is 0 Å². The van der Waals surface area contributed by atoms with Gasteiger partial charge >= 0.3 is 0 Å². The molecule has 0 bridgehead atoms. The van der Waals surface area contributed by atoms with Gasteiger partial charge in [0, 0.05) is 6.04 Å². The van der Waals surface area contributed by atoms with Gasteiger partial charge in [0.1, 0.15) is 5.44 Å². The number of hydrogen-bond donors (Lipinski definition) is 3. The van der Waals surface area contributed by atoms with Gasteiger partial charge in [-0.25, -0.2) is 0 Å². The summed E-state index contributed by atoms with van der Waals surface area (Å²) < 4.78 is 0. The van der Waals surface area contributed by atoms with Crippen molar-refractivity contribution in [2.24, 2.45) is 5.73 Å². The van der Waals surface area contributed by atoms with Gasteiger partial charge in [0.05, 0.1) is 0 Å². The van der Waals surface area contributed by atoms with Gasteiger partial charge in [-0.3, -0.25) is 0 Å². The fraction of sp³-hybridized carbons (Fsp3) is 1.00. The molecule has 0 aliphatic rings. The van der Waals surface area contributed by atoms with Crippen molar-refractivity contribution in [1.29, 1.82) is 0 Å². The zero-order chi connectivity index (χ0) is 5.86. The van der Waals surface area contributed by atoms with E-state index >= 15 is 0 Å². The molecular weight excluding hydrogens is 110 g/mol. The minimum absolute atomic E-state index is 0.177. The molecule has 0 aliphatic carbocycles. The Bertz CT molecular complexity index is 49.0. The summed E-state index contributed by atoms with van der Waals surface area (Å²) in [7, 11) is 0. The summed E-state index contributed by atoms with van der Waals surface area (Å²) in [4.78, 5) is 0. The summed E-state index contributed by atoms with van der Waals surface area (Å²) in [5.74, 6) is 0. The lowest BCUT2D eigenvalue weighted by Crippen LogP contribution is -2.29. The maximum Gasteiger partial charge on any atom is 0.112 e. The Morgan fingerprint density at radius 2 is 2.29 bits per heavy atom. The predicted molar refractivity (Wildman–Crippen MR) is 33.3 cm³/mol. The molecule has 0 aromatic rings. The van der Waals surface area contributed by atoms with Crippen LogP contribution in [0.4, 0.5) is 0 Å². The normalized spacial score (nSPS) is 18.9. The van der Waals surface area contributed by atoms with Gasteiger partial charge in [-0.15, -0.1) is 12.6 Å². The van der Waals surface area contributed by atoms with E-state index in [1.165, 1.54) is 0 Å². The molecule has 0 aromatic heterocycles. The summed E-state index contributed by atoms with van der Waals surface area (Å²) in [5.41, 5.74) is 4.63. The van der Waals surface area contributed by atoms with Gasteiger partial charge in [-0.05, 0) is 6.42 Å². The zero-order valence-electron chi connectivity index (χ0n) is 4.33. The molecule has 3 N–H and O–H groups in total. The number of rotatable bonds is 2. The lowest BCUT2D eigenvalue weighted by Gasteiger charge is -2.08. The van der Waals surface area contributed by atoms with E-state index in [0.717, 1.165) is 6.42 Å². The molecule has 0 heterocycles. The van der Waals surface area contributed by atoms with Gasteiger partial charge in [-0.2, -0.15) is 0 Å². The number of hydrogen-bond acceptors (Lipinski definition) is 3. The molecule has 0 amide bonds. The fourth-order valence-corrected chi connectivity index (χ4v) is 0.422. The highest BCUT2D eigenvalue weighted by Crippen LogP contribution is 1.96. The van der Waals surface area contributed by atoms with E-state index in [1.807, 2.05) is 6.92 Å². The number of aliphatic hydroxyl groups is 1. The van der Waals surface area contributed by atoms with Crippen molar-refractivity contribution in [3.8, 4) is 0 Å². The van der Waals surface area contributed by atoms with Crippen LogP contribution < -0.4 is 5.73 Å². The van der Waals surface area contributed by atoms with Gasteiger partial charge in [0.2, 0.25) is 0 Å². The number of nitrogens with two attached hydrogens (primary N) is 1. The molecule has 44 valence electrons. The molecule has 0 spiro atoms. The molecule has 3 heteroatoms. The van der Waals surface area contributed by atoms with Crippen LogP contribution in [0, 0.1) is 0 Å². The zero-order valence-corrected chi connectivity index (χ0v) is 5.23. The maximum atomic E-state index is 8.56. The highest BCUT2D eigenvalue weighted by molar-refractivity contribution is 7.80. The molecule has 0 saturated heterocycles. The van der Waals surface area contributed by atoms with Crippen molar-refractivity contribution in [2.45, 2.75) is 24.8 Å². The summed E-state index contributed by atoms with van der Waals surface area (Å²) in [5, 5.41) is 8.56. The van der Waals surface area contributed by atoms with Crippen LogP contribution >= 0.6 is 12.6 Å². The smallest absolute Gasteiger partial charge is 0.112 e. The molecule has 0 saturated carbocycles. The van der Waals surface area contributed by atoms with E-state index in [-0.39, 0.29) is 6.04 Å². The van der Waals surface area contributed by atoms with E-state index in [4.69, 9.17) is 10.8 Å². The third-order valence-corrected chi connectivity index (χ3v) is 1.24. The third-order valence-electron chi connectivity index (χ3n) is 0.854. The van der Waals surface area contributed by atoms with E-state index in [2.05, 4.69) is 12.6 Å². The van der Waals surface area contributed by atoms with Crippen molar-refractivity contribution in [3.63, 3.8) is 0 Å². The van der Waals surface area contributed by atoms with Gasteiger partial charge < -0.3 is 10.8 Å². The monoisotopic (exact) mass is 121 g/mol. The van der Waals surface area contributed by atoms with E-state index < -0.39 is 5.44 Å². The van der Waals surface area contributed by atoms with Crippen LogP contribution in [-0.4, -0.2) is 16.6 Å². The van der Waals surface area contributed by atoms with Crippen LogP contribution in [0.25, 0.3) is 0 Å². The van der Waals surface area contributed by atoms with Crippen LogP contribution in [0.3, 0.4) is 0 Å². The first-order valence-electron chi connectivity index (χ1n) is 2.30. The second-order valence-electron chi connectivity index (χ2n) is 1.49. The van der Waals surface area contributed by atoms with E-state index in [1.54, 1.807) is 0 Å². The molecule has 2 nitrogen and oxygen atoms in total. The molecule has 0 aliphatic heterocycles. The van der Waals surface area contributed by atoms with Crippen LogP contribution in [0.2, 0.25) is 0 Å². The number of thiol groups is 1.